The Morgan fingerprint density at radius 1 is 1.15 bits per heavy atom. The van der Waals surface area contributed by atoms with E-state index in [-0.39, 0.29) is 11.1 Å². The van der Waals surface area contributed by atoms with Crippen LogP contribution in [0.1, 0.15) is 43.1 Å². The lowest BCUT2D eigenvalue weighted by Crippen LogP contribution is -2.16. The molecule has 20 heavy (non-hydrogen) atoms. The number of allylic oxidation sites excluding steroid dienone is 2. The van der Waals surface area contributed by atoms with E-state index in [1.54, 1.807) is 13.0 Å². The molecule has 1 aromatic rings. The van der Waals surface area contributed by atoms with Crippen molar-refractivity contribution in [1.29, 1.82) is 0 Å². The highest BCUT2D eigenvalue weighted by Gasteiger charge is 2.46. The first-order valence-corrected chi connectivity index (χ1v) is 5.82. The van der Waals surface area contributed by atoms with Gasteiger partial charge in [-0.05, 0) is 19.3 Å². The number of aryl methyl sites for hydroxylation is 1. The van der Waals surface area contributed by atoms with E-state index in [0.29, 0.717) is 0 Å². The first-order valence-electron chi connectivity index (χ1n) is 5.82. The molecule has 0 bridgehead atoms. The average molecular weight is 300 g/mol. The molecule has 0 saturated carbocycles. The summed E-state index contributed by atoms with van der Waals surface area (Å²) in [7, 11) is 0.865. The molecule has 0 spiro atoms. The fraction of sp³-hybridized carbons (Fsp3) is 0.583. The topological polar surface area (TPSA) is 17.8 Å². The van der Waals surface area contributed by atoms with Crippen molar-refractivity contribution in [2.75, 3.05) is 0 Å². The van der Waals surface area contributed by atoms with Gasteiger partial charge in [-0.3, -0.25) is 4.68 Å². The van der Waals surface area contributed by atoms with Crippen molar-refractivity contribution in [3.63, 3.8) is 0 Å². The lowest BCUT2D eigenvalue weighted by atomic mass is 9.94. The molecule has 0 amide bonds. The van der Waals surface area contributed by atoms with Gasteiger partial charge in [-0.25, -0.2) is 0 Å². The molecular weight excluding hydrogens is 286 g/mol. The molecule has 0 radical (unpaired) electrons. The highest BCUT2D eigenvalue weighted by molar-refractivity contribution is 5.34. The van der Waals surface area contributed by atoms with Crippen LogP contribution in [0, 0.1) is 0 Å². The number of aromatic nitrogens is 2. The smallest absolute Gasteiger partial charge is 0.263 e. The zero-order valence-electron chi connectivity index (χ0n) is 11.1. The van der Waals surface area contributed by atoms with Crippen molar-refractivity contribution in [1.82, 2.24) is 9.78 Å². The maximum absolute atomic E-state index is 12.9. The monoisotopic (exact) mass is 300 g/mol. The minimum atomic E-state index is -4.92. The summed E-state index contributed by atoms with van der Waals surface area (Å²) in [6, 6.07) is 0. The minimum Gasteiger partial charge on any atom is -0.263 e. The van der Waals surface area contributed by atoms with Crippen molar-refractivity contribution in [2.24, 2.45) is 7.05 Å². The van der Waals surface area contributed by atoms with Crippen LogP contribution >= 0.6 is 0 Å². The molecule has 1 heterocycles. The average Bonchev–Trinajstić information content (AvgIpc) is 2.63. The maximum Gasteiger partial charge on any atom is 0.435 e. The third kappa shape index (κ3) is 3.34. The number of rotatable bonds is 3. The lowest BCUT2D eigenvalue weighted by Gasteiger charge is -2.16. The van der Waals surface area contributed by atoms with Crippen LogP contribution in [0.25, 0.3) is 0 Å². The number of nitrogens with zero attached hydrogens (tertiary/aromatic N) is 2. The first-order chi connectivity index (χ1) is 9.00. The van der Waals surface area contributed by atoms with E-state index >= 15 is 0 Å². The molecule has 0 aromatic carbocycles. The number of hydrogen-bond donors (Lipinski definition) is 0. The molecule has 1 unspecified atom stereocenters. The molecule has 8 heteroatoms. The van der Waals surface area contributed by atoms with Crippen molar-refractivity contribution in [3.05, 3.63) is 29.1 Å². The summed E-state index contributed by atoms with van der Waals surface area (Å²) in [4.78, 5) is 0. The van der Waals surface area contributed by atoms with Crippen molar-refractivity contribution in [2.45, 2.75) is 38.5 Å². The zero-order chi connectivity index (χ0) is 15.7. The maximum atomic E-state index is 12.9. The van der Waals surface area contributed by atoms with E-state index in [0.717, 1.165) is 7.05 Å². The molecule has 0 saturated heterocycles. The fourth-order valence-electron chi connectivity index (χ4n) is 2.01. The Hall–Kier alpha value is -1.47. The Bertz CT molecular complexity index is 495. The second kappa shape index (κ2) is 5.49. The molecule has 0 aliphatic rings. The number of hydrogen-bond acceptors (Lipinski definition) is 1. The van der Waals surface area contributed by atoms with Crippen LogP contribution in [0.15, 0.2) is 12.2 Å². The van der Waals surface area contributed by atoms with Crippen LogP contribution in [-0.4, -0.2) is 9.78 Å². The second-order valence-corrected chi connectivity index (χ2v) is 4.44. The van der Waals surface area contributed by atoms with E-state index in [1.807, 2.05) is 0 Å². The molecule has 0 aliphatic carbocycles. The van der Waals surface area contributed by atoms with E-state index in [4.69, 9.17) is 0 Å². The van der Waals surface area contributed by atoms with Gasteiger partial charge in [0.1, 0.15) is 5.69 Å². The van der Waals surface area contributed by atoms with Crippen LogP contribution in [0.5, 0.6) is 0 Å². The summed E-state index contributed by atoms with van der Waals surface area (Å²) in [6.45, 7) is 2.97. The summed E-state index contributed by atoms with van der Waals surface area (Å²) in [5.41, 5.74) is -3.61. The summed E-state index contributed by atoms with van der Waals surface area (Å²) < 4.78 is 77.6. The molecular formula is C12H14F6N2. The molecule has 0 fully saturated rings. The fourth-order valence-corrected chi connectivity index (χ4v) is 2.01. The van der Waals surface area contributed by atoms with Gasteiger partial charge >= 0.3 is 12.4 Å². The highest BCUT2D eigenvalue weighted by atomic mass is 19.4. The molecule has 0 aliphatic heterocycles. The van der Waals surface area contributed by atoms with Gasteiger partial charge in [-0.1, -0.05) is 19.1 Å². The van der Waals surface area contributed by atoms with Gasteiger partial charge in [0.25, 0.3) is 0 Å². The Morgan fingerprint density at radius 3 is 2.10 bits per heavy atom. The molecule has 2 nitrogen and oxygen atoms in total. The van der Waals surface area contributed by atoms with Gasteiger partial charge in [-0.2, -0.15) is 31.4 Å². The minimum absolute atomic E-state index is 0.0777. The quantitative estimate of drug-likeness (QED) is 0.592. The van der Waals surface area contributed by atoms with E-state index in [2.05, 4.69) is 5.10 Å². The normalized spacial score (nSPS) is 15.1. The van der Waals surface area contributed by atoms with Crippen LogP contribution in [-0.2, 0) is 19.4 Å². The predicted molar refractivity (Wildman–Crippen MR) is 61.1 cm³/mol. The van der Waals surface area contributed by atoms with Gasteiger partial charge in [0, 0.05) is 12.6 Å². The van der Waals surface area contributed by atoms with E-state index in [9.17, 15) is 26.3 Å². The Morgan fingerprint density at radius 2 is 1.70 bits per heavy atom. The van der Waals surface area contributed by atoms with Gasteiger partial charge in [0.2, 0.25) is 0 Å². The number of halogens is 6. The molecule has 1 atom stereocenters. The Labute approximate surface area is 112 Å². The molecule has 1 rings (SSSR count). The van der Waals surface area contributed by atoms with Crippen LogP contribution < -0.4 is 0 Å². The Kier molecular flexibility index (Phi) is 4.55. The van der Waals surface area contributed by atoms with E-state index < -0.39 is 35.2 Å². The first kappa shape index (κ1) is 16.6. The summed E-state index contributed by atoms with van der Waals surface area (Å²) in [6.07, 6.45) is -6.62. The molecule has 0 N–H and O–H groups in total. The van der Waals surface area contributed by atoms with Crippen LogP contribution in [0.2, 0.25) is 0 Å². The summed E-state index contributed by atoms with van der Waals surface area (Å²) in [5, 5.41) is 3.03. The SMILES string of the molecule is C/C=C\CC(C)c1c(C(F)(F)F)nn(C)c1C(F)(F)F. The van der Waals surface area contributed by atoms with E-state index in [1.165, 1.54) is 13.0 Å². The highest BCUT2D eigenvalue weighted by Crippen LogP contribution is 2.42. The van der Waals surface area contributed by atoms with Crippen LogP contribution in [0.4, 0.5) is 26.3 Å². The van der Waals surface area contributed by atoms with Crippen molar-refractivity contribution in [3.8, 4) is 0 Å². The molecule has 1 aromatic heterocycles. The standard InChI is InChI=1S/C12H14F6N2/c1-4-5-6-7(2)8-9(11(13,14)15)19-20(3)10(8)12(16,17)18/h4-5,7H,6H2,1-3H3/b5-4-. The number of alkyl halides is 6. The third-order valence-corrected chi connectivity index (χ3v) is 2.84. The summed E-state index contributed by atoms with van der Waals surface area (Å²) >= 11 is 0. The Balaban J connectivity index is 3.50. The summed E-state index contributed by atoms with van der Waals surface area (Å²) in [5.74, 6) is -0.937. The van der Waals surface area contributed by atoms with Gasteiger partial charge in [-0.15, -0.1) is 0 Å². The lowest BCUT2D eigenvalue weighted by molar-refractivity contribution is -0.145. The largest absolute Gasteiger partial charge is 0.435 e. The van der Waals surface area contributed by atoms with Crippen molar-refractivity contribution >= 4 is 0 Å². The zero-order valence-corrected chi connectivity index (χ0v) is 11.1. The second-order valence-electron chi connectivity index (χ2n) is 4.44. The third-order valence-electron chi connectivity index (χ3n) is 2.84. The molecule has 114 valence electrons. The van der Waals surface area contributed by atoms with Crippen molar-refractivity contribution < 1.29 is 26.3 Å². The van der Waals surface area contributed by atoms with Gasteiger partial charge in [0.15, 0.2) is 5.69 Å². The predicted octanol–water partition coefficient (Wildman–Crippen LogP) is 4.53. The van der Waals surface area contributed by atoms with Crippen LogP contribution in [0.3, 0.4) is 0 Å². The van der Waals surface area contributed by atoms with Gasteiger partial charge < -0.3 is 0 Å². The van der Waals surface area contributed by atoms with Gasteiger partial charge in [0.05, 0.1) is 0 Å².